The largest absolute Gasteiger partial charge is 0.467 e. The molecule has 0 bridgehead atoms. The van der Waals surface area contributed by atoms with E-state index in [1.807, 2.05) is 6.92 Å². The zero-order chi connectivity index (χ0) is 14.8. The van der Waals surface area contributed by atoms with Crippen molar-refractivity contribution in [3.8, 4) is 0 Å². The summed E-state index contributed by atoms with van der Waals surface area (Å²) in [6, 6.07) is 0. The summed E-state index contributed by atoms with van der Waals surface area (Å²) < 4.78 is 14.9. The van der Waals surface area contributed by atoms with Crippen molar-refractivity contribution >= 4 is 18.9 Å². The second kappa shape index (κ2) is 8.55. The lowest BCUT2D eigenvalue weighted by atomic mass is 9.88. The molecule has 1 rings (SSSR count). The monoisotopic (exact) mass is 286 g/mol. The van der Waals surface area contributed by atoms with Crippen LogP contribution in [0.25, 0.3) is 0 Å². The van der Waals surface area contributed by atoms with Crippen molar-refractivity contribution in [2.45, 2.75) is 39.0 Å². The fraction of sp³-hybridized carbons (Fsp3) is 0.786. The Balaban J connectivity index is 2.54. The van der Waals surface area contributed by atoms with Gasteiger partial charge in [0.15, 0.2) is 0 Å². The molecule has 0 aliphatic heterocycles. The van der Waals surface area contributed by atoms with Crippen LogP contribution in [0, 0.1) is 11.3 Å². The minimum Gasteiger partial charge on any atom is -0.467 e. The molecule has 6 heteroatoms. The Labute approximate surface area is 118 Å². The van der Waals surface area contributed by atoms with Crippen LogP contribution in [0.2, 0.25) is 0 Å². The van der Waals surface area contributed by atoms with Gasteiger partial charge in [0.05, 0.1) is 11.3 Å². The Kier molecular flexibility index (Phi) is 7.04. The van der Waals surface area contributed by atoms with Crippen LogP contribution in [0.4, 0.5) is 0 Å². The van der Waals surface area contributed by atoms with Gasteiger partial charge in [-0.05, 0) is 19.3 Å². The molecule has 0 atom stereocenters. The Hall–Kier alpha value is -1.59. The van der Waals surface area contributed by atoms with Crippen LogP contribution in [-0.2, 0) is 28.6 Å². The van der Waals surface area contributed by atoms with Gasteiger partial charge in [0.25, 0.3) is 12.9 Å². The molecule has 0 aromatic carbocycles. The fourth-order valence-electron chi connectivity index (χ4n) is 2.36. The zero-order valence-electron chi connectivity index (χ0n) is 11.8. The summed E-state index contributed by atoms with van der Waals surface area (Å²) in [5, 5.41) is 0. The highest BCUT2D eigenvalue weighted by Gasteiger charge is 2.34. The van der Waals surface area contributed by atoms with Gasteiger partial charge >= 0.3 is 5.97 Å². The summed E-state index contributed by atoms with van der Waals surface area (Å²) in [6.45, 7) is 2.73. The van der Waals surface area contributed by atoms with Gasteiger partial charge in [-0.3, -0.25) is 14.4 Å². The van der Waals surface area contributed by atoms with E-state index in [2.05, 4.69) is 0 Å². The van der Waals surface area contributed by atoms with Gasteiger partial charge < -0.3 is 14.2 Å². The Morgan fingerprint density at radius 3 is 2.10 bits per heavy atom. The summed E-state index contributed by atoms with van der Waals surface area (Å²) in [5.74, 6) is -0.235. The minimum absolute atomic E-state index is 0.0245. The molecule has 1 saturated carbocycles. The molecule has 1 aliphatic rings. The average molecular weight is 286 g/mol. The molecule has 0 radical (unpaired) electrons. The molecule has 1 fully saturated rings. The van der Waals surface area contributed by atoms with Gasteiger partial charge in [-0.1, -0.05) is 19.8 Å². The van der Waals surface area contributed by atoms with Gasteiger partial charge in [0.1, 0.15) is 19.8 Å². The zero-order valence-corrected chi connectivity index (χ0v) is 11.8. The van der Waals surface area contributed by atoms with E-state index in [1.54, 1.807) is 0 Å². The van der Waals surface area contributed by atoms with Crippen LogP contribution >= 0.6 is 0 Å². The summed E-state index contributed by atoms with van der Waals surface area (Å²) in [7, 11) is 0. The predicted octanol–water partition coefficient (Wildman–Crippen LogP) is 1.46. The van der Waals surface area contributed by atoms with E-state index in [0.717, 1.165) is 25.7 Å². The molecule has 0 spiro atoms. The summed E-state index contributed by atoms with van der Waals surface area (Å²) in [6.07, 6.45) is 4.41. The quantitative estimate of drug-likeness (QED) is 0.344. The van der Waals surface area contributed by atoms with E-state index < -0.39 is 5.41 Å². The summed E-state index contributed by atoms with van der Waals surface area (Å²) >= 11 is 0. The van der Waals surface area contributed by atoms with Crippen LogP contribution in [0.3, 0.4) is 0 Å². The molecule has 114 valence electrons. The lowest BCUT2D eigenvalue weighted by molar-refractivity contribution is -0.158. The normalized spacial score (nSPS) is 15.7. The predicted molar refractivity (Wildman–Crippen MR) is 69.7 cm³/mol. The molecule has 0 aromatic rings. The SMILES string of the molecule is CCC(COC=O)(COC=O)COC(=O)C1CCCC1. The lowest BCUT2D eigenvalue weighted by Gasteiger charge is -2.30. The number of rotatable bonds is 10. The van der Waals surface area contributed by atoms with Crippen LogP contribution in [0.15, 0.2) is 0 Å². The van der Waals surface area contributed by atoms with Crippen molar-refractivity contribution in [1.82, 2.24) is 0 Å². The molecule has 0 amide bonds. The van der Waals surface area contributed by atoms with Crippen molar-refractivity contribution in [2.75, 3.05) is 19.8 Å². The van der Waals surface area contributed by atoms with Crippen LogP contribution in [0.1, 0.15) is 39.0 Å². The van der Waals surface area contributed by atoms with Crippen LogP contribution in [0.5, 0.6) is 0 Å². The highest BCUT2D eigenvalue weighted by atomic mass is 16.6. The maximum Gasteiger partial charge on any atom is 0.308 e. The molecule has 0 unspecified atom stereocenters. The highest BCUT2D eigenvalue weighted by Crippen LogP contribution is 2.28. The first-order valence-corrected chi connectivity index (χ1v) is 6.94. The van der Waals surface area contributed by atoms with Crippen molar-refractivity contribution in [3.05, 3.63) is 0 Å². The number of carbonyl (C=O) groups excluding carboxylic acids is 3. The maximum atomic E-state index is 11.9. The van der Waals surface area contributed by atoms with E-state index in [-0.39, 0.29) is 31.7 Å². The first-order valence-electron chi connectivity index (χ1n) is 6.94. The second-order valence-corrected chi connectivity index (χ2v) is 5.26. The molecule has 0 heterocycles. The van der Waals surface area contributed by atoms with E-state index in [1.165, 1.54) is 0 Å². The third-order valence-corrected chi connectivity index (χ3v) is 3.87. The lowest BCUT2D eigenvalue weighted by Crippen LogP contribution is -2.38. The van der Waals surface area contributed by atoms with E-state index in [0.29, 0.717) is 19.4 Å². The average Bonchev–Trinajstić information content (AvgIpc) is 3.01. The van der Waals surface area contributed by atoms with Gasteiger partial charge in [-0.2, -0.15) is 0 Å². The Morgan fingerprint density at radius 2 is 1.65 bits per heavy atom. The number of carbonyl (C=O) groups is 3. The van der Waals surface area contributed by atoms with E-state index in [9.17, 15) is 14.4 Å². The van der Waals surface area contributed by atoms with Gasteiger partial charge in [0.2, 0.25) is 0 Å². The van der Waals surface area contributed by atoms with Crippen molar-refractivity contribution in [3.63, 3.8) is 0 Å². The van der Waals surface area contributed by atoms with Gasteiger partial charge in [-0.15, -0.1) is 0 Å². The third kappa shape index (κ3) is 4.83. The molecule has 0 N–H and O–H groups in total. The van der Waals surface area contributed by atoms with Crippen LogP contribution < -0.4 is 0 Å². The first-order chi connectivity index (χ1) is 9.67. The Morgan fingerprint density at radius 1 is 1.10 bits per heavy atom. The number of esters is 1. The number of hydrogen-bond donors (Lipinski definition) is 0. The van der Waals surface area contributed by atoms with Gasteiger partial charge in [0, 0.05) is 0 Å². The minimum atomic E-state index is -0.671. The standard InChI is InChI=1S/C14H22O6/c1-2-14(7-18-10-15,8-19-11-16)9-20-13(17)12-5-3-4-6-12/h10-12H,2-9H2,1H3. The van der Waals surface area contributed by atoms with Gasteiger partial charge in [-0.25, -0.2) is 0 Å². The van der Waals surface area contributed by atoms with E-state index >= 15 is 0 Å². The van der Waals surface area contributed by atoms with Crippen LogP contribution in [-0.4, -0.2) is 38.7 Å². The molecule has 20 heavy (non-hydrogen) atoms. The van der Waals surface area contributed by atoms with Crippen molar-refractivity contribution in [1.29, 1.82) is 0 Å². The fourth-order valence-corrected chi connectivity index (χ4v) is 2.36. The molecular formula is C14H22O6. The maximum absolute atomic E-state index is 11.9. The molecule has 6 nitrogen and oxygen atoms in total. The van der Waals surface area contributed by atoms with Crippen molar-refractivity contribution in [2.24, 2.45) is 11.3 Å². The molecule has 1 aliphatic carbocycles. The second-order valence-electron chi connectivity index (χ2n) is 5.26. The topological polar surface area (TPSA) is 78.9 Å². The Bertz CT molecular complexity index is 310. The third-order valence-electron chi connectivity index (χ3n) is 3.87. The molecular weight excluding hydrogens is 264 g/mol. The molecule has 0 aromatic heterocycles. The highest BCUT2D eigenvalue weighted by molar-refractivity contribution is 5.72. The smallest absolute Gasteiger partial charge is 0.308 e. The van der Waals surface area contributed by atoms with Crippen molar-refractivity contribution < 1.29 is 28.6 Å². The first kappa shape index (κ1) is 16.5. The molecule has 0 saturated heterocycles. The summed E-state index contributed by atoms with van der Waals surface area (Å²) in [4.78, 5) is 32.6. The van der Waals surface area contributed by atoms with E-state index in [4.69, 9.17) is 14.2 Å². The summed E-state index contributed by atoms with van der Waals surface area (Å²) in [5.41, 5.74) is -0.671. The number of hydrogen-bond acceptors (Lipinski definition) is 6. The number of ether oxygens (including phenoxy) is 3.